The molecule has 1 saturated heterocycles. The van der Waals surface area contributed by atoms with Gasteiger partial charge in [0.25, 0.3) is 0 Å². The maximum atomic E-state index is 13.4. The lowest BCUT2D eigenvalue weighted by Crippen LogP contribution is -2.28. The molecule has 18 heavy (non-hydrogen) atoms. The second-order valence-corrected chi connectivity index (χ2v) is 4.80. The van der Waals surface area contributed by atoms with E-state index in [1.165, 1.54) is 11.0 Å². The molecule has 0 bridgehead atoms. The number of hydrogen-bond acceptors (Lipinski definition) is 2. The average Bonchev–Trinajstić information content (AvgIpc) is 2.69. The quantitative estimate of drug-likeness (QED) is 0.841. The van der Waals surface area contributed by atoms with E-state index < -0.39 is 23.5 Å². The summed E-state index contributed by atoms with van der Waals surface area (Å²) in [6.07, 6.45) is -0.0131. The van der Waals surface area contributed by atoms with Crippen LogP contribution >= 0.6 is 15.9 Å². The van der Waals surface area contributed by atoms with Crippen molar-refractivity contribution >= 4 is 33.4 Å². The molecule has 0 radical (unpaired) electrons. The zero-order valence-electron chi connectivity index (χ0n) is 9.12. The van der Waals surface area contributed by atoms with Crippen LogP contribution < -0.4 is 10.6 Å². The number of carbonyl (C=O) groups is 2. The molecule has 1 heterocycles. The van der Waals surface area contributed by atoms with Crippen molar-refractivity contribution < 1.29 is 18.4 Å². The standard InChI is InChI=1S/C11H9BrF2N2O2/c12-9-7(2-1-6(13)10(9)14)16-4-5(11(15)18)3-8(16)17/h1-2,5H,3-4H2,(H2,15,18). The van der Waals surface area contributed by atoms with Crippen molar-refractivity contribution in [1.29, 1.82) is 0 Å². The number of anilines is 1. The third-order valence-electron chi connectivity index (χ3n) is 2.83. The number of carbonyl (C=O) groups excluding carboxylic acids is 2. The summed E-state index contributed by atoms with van der Waals surface area (Å²) in [5.41, 5.74) is 5.33. The number of nitrogens with two attached hydrogens (primary N) is 1. The van der Waals surface area contributed by atoms with Crippen molar-refractivity contribution in [2.45, 2.75) is 6.42 Å². The van der Waals surface area contributed by atoms with Gasteiger partial charge >= 0.3 is 0 Å². The van der Waals surface area contributed by atoms with Crippen molar-refractivity contribution in [2.24, 2.45) is 11.7 Å². The Labute approximate surface area is 110 Å². The van der Waals surface area contributed by atoms with Gasteiger partial charge < -0.3 is 10.6 Å². The van der Waals surface area contributed by atoms with Gasteiger partial charge in [-0.2, -0.15) is 0 Å². The molecule has 96 valence electrons. The molecule has 1 aromatic carbocycles. The van der Waals surface area contributed by atoms with Gasteiger partial charge in [-0.15, -0.1) is 0 Å². The summed E-state index contributed by atoms with van der Waals surface area (Å²) in [4.78, 5) is 24.0. The van der Waals surface area contributed by atoms with Crippen LogP contribution in [0.3, 0.4) is 0 Å². The lowest BCUT2D eigenvalue weighted by Gasteiger charge is -2.18. The number of amides is 2. The third kappa shape index (κ3) is 2.10. The molecule has 0 aromatic heterocycles. The molecule has 2 amide bonds. The minimum Gasteiger partial charge on any atom is -0.369 e. The van der Waals surface area contributed by atoms with E-state index in [4.69, 9.17) is 5.73 Å². The summed E-state index contributed by atoms with van der Waals surface area (Å²) in [7, 11) is 0. The molecule has 1 atom stereocenters. The Hall–Kier alpha value is -1.50. The van der Waals surface area contributed by atoms with Crippen molar-refractivity contribution in [2.75, 3.05) is 11.4 Å². The van der Waals surface area contributed by atoms with E-state index >= 15 is 0 Å². The van der Waals surface area contributed by atoms with Crippen molar-refractivity contribution in [1.82, 2.24) is 0 Å². The number of primary amides is 1. The van der Waals surface area contributed by atoms with Crippen LogP contribution in [0, 0.1) is 17.6 Å². The molecule has 1 unspecified atom stereocenters. The fraction of sp³-hybridized carbons (Fsp3) is 0.273. The maximum Gasteiger partial charge on any atom is 0.227 e. The first-order valence-electron chi connectivity index (χ1n) is 5.15. The van der Waals surface area contributed by atoms with Crippen LogP contribution in [0.5, 0.6) is 0 Å². The van der Waals surface area contributed by atoms with Gasteiger partial charge in [0.15, 0.2) is 11.6 Å². The lowest BCUT2D eigenvalue weighted by atomic mass is 10.1. The predicted octanol–water partition coefficient (Wildman–Crippen LogP) is 1.57. The molecule has 1 aliphatic rings. The van der Waals surface area contributed by atoms with E-state index in [9.17, 15) is 18.4 Å². The van der Waals surface area contributed by atoms with Crippen LogP contribution in [0.2, 0.25) is 0 Å². The number of hydrogen-bond donors (Lipinski definition) is 1. The fourth-order valence-corrected chi connectivity index (χ4v) is 2.39. The van der Waals surface area contributed by atoms with Gasteiger partial charge in [0.1, 0.15) is 0 Å². The molecule has 7 heteroatoms. The molecule has 4 nitrogen and oxygen atoms in total. The normalized spacial score (nSPS) is 19.4. The Balaban J connectivity index is 2.36. The summed E-state index contributed by atoms with van der Waals surface area (Å²) >= 11 is 2.90. The monoisotopic (exact) mass is 318 g/mol. The third-order valence-corrected chi connectivity index (χ3v) is 3.59. The van der Waals surface area contributed by atoms with E-state index in [-0.39, 0.29) is 29.0 Å². The van der Waals surface area contributed by atoms with Crippen molar-refractivity contribution in [3.63, 3.8) is 0 Å². The highest BCUT2D eigenvalue weighted by molar-refractivity contribution is 9.10. The minimum absolute atomic E-state index is 0.0131. The van der Waals surface area contributed by atoms with Gasteiger partial charge in [0, 0.05) is 13.0 Å². The molecule has 1 aromatic rings. The summed E-state index contributed by atoms with van der Waals surface area (Å²) in [5.74, 6) is -3.60. The maximum absolute atomic E-state index is 13.4. The number of halogens is 3. The molecule has 1 aliphatic heterocycles. The Morgan fingerprint density at radius 1 is 1.44 bits per heavy atom. The molecule has 1 fully saturated rings. The second-order valence-electron chi connectivity index (χ2n) is 4.00. The van der Waals surface area contributed by atoms with Gasteiger partial charge in [-0.1, -0.05) is 0 Å². The van der Waals surface area contributed by atoms with E-state index in [0.717, 1.165) is 6.07 Å². The van der Waals surface area contributed by atoms with Crippen LogP contribution in [-0.2, 0) is 9.59 Å². The second kappa shape index (κ2) is 4.64. The Morgan fingerprint density at radius 3 is 2.67 bits per heavy atom. The average molecular weight is 319 g/mol. The number of benzene rings is 1. The van der Waals surface area contributed by atoms with E-state index in [1.807, 2.05) is 0 Å². The number of nitrogens with zero attached hydrogens (tertiary/aromatic N) is 1. The van der Waals surface area contributed by atoms with E-state index in [1.54, 1.807) is 0 Å². The number of rotatable bonds is 2. The molecular formula is C11H9BrF2N2O2. The van der Waals surface area contributed by atoms with Gasteiger partial charge in [-0.05, 0) is 28.1 Å². The molecule has 0 aliphatic carbocycles. The van der Waals surface area contributed by atoms with Gasteiger partial charge in [0.05, 0.1) is 16.1 Å². The van der Waals surface area contributed by atoms with Gasteiger partial charge in [-0.25, -0.2) is 8.78 Å². The Bertz CT molecular complexity index is 536. The highest BCUT2D eigenvalue weighted by atomic mass is 79.9. The van der Waals surface area contributed by atoms with Crippen LogP contribution in [-0.4, -0.2) is 18.4 Å². The fourth-order valence-electron chi connectivity index (χ4n) is 1.86. The zero-order valence-corrected chi connectivity index (χ0v) is 10.7. The van der Waals surface area contributed by atoms with Crippen molar-refractivity contribution in [3.05, 3.63) is 28.2 Å². The highest BCUT2D eigenvalue weighted by Gasteiger charge is 2.35. The zero-order chi connectivity index (χ0) is 13.4. The summed E-state index contributed by atoms with van der Waals surface area (Å²) in [5, 5.41) is 0. The smallest absolute Gasteiger partial charge is 0.227 e. The Morgan fingerprint density at radius 2 is 2.11 bits per heavy atom. The van der Waals surface area contributed by atoms with Crippen LogP contribution in [0.25, 0.3) is 0 Å². The van der Waals surface area contributed by atoms with Gasteiger partial charge in [-0.3, -0.25) is 9.59 Å². The first-order valence-corrected chi connectivity index (χ1v) is 5.94. The topological polar surface area (TPSA) is 63.4 Å². The first-order chi connectivity index (χ1) is 8.41. The highest BCUT2D eigenvalue weighted by Crippen LogP contribution is 2.34. The van der Waals surface area contributed by atoms with Crippen LogP contribution in [0.4, 0.5) is 14.5 Å². The largest absolute Gasteiger partial charge is 0.369 e. The molecule has 2 rings (SSSR count). The van der Waals surface area contributed by atoms with Crippen LogP contribution in [0.1, 0.15) is 6.42 Å². The van der Waals surface area contributed by atoms with E-state index in [2.05, 4.69) is 15.9 Å². The Kier molecular flexibility index (Phi) is 3.34. The van der Waals surface area contributed by atoms with Crippen LogP contribution in [0.15, 0.2) is 16.6 Å². The van der Waals surface area contributed by atoms with Gasteiger partial charge in [0.2, 0.25) is 11.8 Å². The summed E-state index contributed by atoms with van der Waals surface area (Å²) in [6, 6.07) is 2.21. The first kappa shape index (κ1) is 12.9. The molecule has 2 N–H and O–H groups in total. The summed E-state index contributed by atoms with van der Waals surface area (Å²) in [6.45, 7) is 0.0812. The van der Waals surface area contributed by atoms with E-state index in [0.29, 0.717) is 0 Å². The SMILES string of the molecule is NC(=O)C1CC(=O)N(c2ccc(F)c(F)c2Br)C1. The lowest BCUT2D eigenvalue weighted by molar-refractivity contribution is -0.123. The summed E-state index contributed by atoms with van der Waals surface area (Å²) < 4.78 is 26.2. The molecular weight excluding hydrogens is 310 g/mol. The minimum atomic E-state index is -1.07. The molecule has 0 spiro atoms. The predicted molar refractivity (Wildman–Crippen MR) is 63.7 cm³/mol. The van der Waals surface area contributed by atoms with Crippen molar-refractivity contribution in [3.8, 4) is 0 Å². The molecule has 0 saturated carbocycles.